The van der Waals surface area contributed by atoms with Crippen LogP contribution >= 0.6 is 11.8 Å². The van der Waals surface area contributed by atoms with Crippen LogP contribution in [0.3, 0.4) is 0 Å². The lowest BCUT2D eigenvalue weighted by molar-refractivity contribution is -0.132. The van der Waals surface area contributed by atoms with Crippen LogP contribution in [-0.4, -0.2) is 50.7 Å². The number of carbonyl (C=O) groups is 1. The van der Waals surface area contributed by atoms with Gasteiger partial charge in [0.1, 0.15) is 28.5 Å². The molecule has 2 aromatic heterocycles. The van der Waals surface area contributed by atoms with Crippen molar-refractivity contribution >= 4 is 23.4 Å². The summed E-state index contributed by atoms with van der Waals surface area (Å²) < 4.78 is 13.3. The first-order valence-electron chi connectivity index (χ1n) is 9.93. The molecular weight excluding hydrogens is 416 g/mol. The maximum atomic E-state index is 12.5. The average molecular weight is 439 g/mol. The Morgan fingerprint density at radius 1 is 1.26 bits per heavy atom. The molecular formula is C21H22N6O3S. The van der Waals surface area contributed by atoms with E-state index in [-0.39, 0.29) is 5.78 Å². The molecule has 9 nitrogen and oxygen atoms in total. The number of aromatic nitrogens is 5. The first-order chi connectivity index (χ1) is 14.9. The third-order valence-electron chi connectivity index (χ3n) is 5.83. The average Bonchev–Trinajstić information content (AvgIpc) is 3.14. The van der Waals surface area contributed by atoms with E-state index in [1.54, 1.807) is 14.0 Å². The van der Waals surface area contributed by atoms with Crippen LogP contribution in [0.4, 0.5) is 5.82 Å². The van der Waals surface area contributed by atoms with E-state index in [1.807, 2.05) is 35.2 Å². The van der Waals surface area contributed by atoms with Crippen LogP contribution in [0.5, 0.6) is 11.6 Å². The molecule has 5 rings (SSSR count). The Balaban J connectivity index is 1.66. The molecule has 3 aromatic rings. The van der Waals surface area contributed by atoms with Crippen molar-refractivity contribution in [1.29, 1.82) is 0 Å². The van der Waals surface area contributed by atoms with Gasteiger partial charge >= 0.3 is 0 Å². The monoisotopic (exact) mass is 438 g/mol. The smallest absolute Gasteiger partial charge is 0.230 e. The van der Waals surface area contributed by atoms with Gasteiger partial charge in [0, 0.05) is 13.1 Å². The summed E-state index contributed by atoms with van der Waals surface area (Å²) in [6.07, 6.45) is 1.92. The fraction of sp³-hybridized carbons (Fsp3) is 0.381. The lowest BCUT2D eigenvalue weighted by Gasteiger charge is -2.33. The van der Waals surface area contributed by atoms with Crippen LogP contribution in [0, 0.1) is 0 Å². The zero-order chi connectivity index (χ0) is 21.8. The van der Waals surface area contributed by atoms with Crippen LogP contribution in [0.2, 0.25) is 0 Å². The number of hydrogen-bond donors (Lipinski definition) is 0. The number of thioether (sulfide) groups is 1. The highest BCUT2D eigenvalue weighted by molar-refractivity contribution is 7.98. The van der Waals surface area contributed by atoms with Crippen LogP contribution in [0.1, 0.15) is 25.1 Å². The van der Waals surface area contributed by atoms with E-state index in [4.69, 9.17) is 14.5 Å². The van der Waals surface area contributed by atoms with Gasteiger partial charge in [-0.2, -0.15) is 4.98 Å². The molecule has 4 heterocycles. The quantitative estimate of drug-likeness (QED) is 0.440. The first kappa shape index (κ1) is 19.8. The molecule has 0 spiro atoms. The molecule has 0 N–H and O–H groups in total. The topological polar surface area (TPSA) is 95.3 Å². The van der Waals surface area contributed by atoms with Crippen molar-refractivity contribution < 1.29 is 14.3 Å². The predicted octanol–water partition coefficient (Wildman–Crippen LogP) is 2.68. The molecule has 31 heavy (non-hydrogen) atoms. The normalized spacial score (nSPS) is 18.8. The van der Waals surface area contributed by atoms with Crippen molar-refractivity contribution in [3.05, 3.63) is 35.5 Å². The summed E-state index contributed by atoms with van der Waals surface area (Å²) in [7, 11) is 1.66. The van der Waals surface area contributed by atoms with E-state index in [0.29, 0.717) is 36.4 Å². The van der Waals surface area contributed by atoms with Crippen molar-refractivity contribution in [2.45, 2.75) is 37.7 Å². The minimum atomic E-state index is -1.23. The van der Waals surface area contributed by atoms with E-state index in [1.165, 1.54) is 18.7 Å². The highest BCUT2D eigenvalue weighted by atomic mass is 32.2. The van der Waals surface area contributed by atoms with Gasteiger partial charge in [-0.1, -0.05) is 29.1 Å². The Morgan fingerprint density at radius 3 is 2.71 bits per heavy atom. The number of rotatable bonds is 5. The first-order valence-corrected chi connectivity index (χ1v) is 11.2. The number of nitrogens with zero attached hydrogens (tertiary/aromatic N) is 6. The van der Waals surface area contributed by atoms with Crippen molar-refractivity contribution in [2.75, 3.05) is 24.8 Å². The number of methoxy groups -OCH3 is 1. The number of hydrogen-bond acceptors (Lipinski definition) is 9. The lowest BCUT2D eigenvalue weighted by Crippen LogP contribution is -2.40. The largest absolute Gasteiger partial charge is 0.497 e. The Labute approximate surface area is 183 Å². The lowest BCUT2D eigenvalue weighted by atomic mass is 9.91. The minimum Gasteiger partial charge on any atom is -0.497 e. The molecule has 0 bridgehead atoms. The third-order valence-corrected chi connectivity index (χ3v) is 6.38. The fourth-order valence-electron chi connectivity index (χ4n) is 3.96. The zero-order valence-electron chi connectivity index (χ0n) is 17.7. The summed E-state index contributed by atoms with van der Waals surface area (Å²) in [5.74, 6) is 1.82. The number of ketones is 1. The van der Waals surface area contributed by atoms with Crippen LogP contribution in [0.15, 0.2) is 29.4 Å². The summed E-state index contributed by atoms with van der Waals surface area (Å²) in [4.78, 5) is 24.2. The molecule has 0 fully saturated rings. The summed E-state index contributed by atoms with van der Waals surface area (Å²) in [5.41, 5.74) is 1.91. The molecule has 10 heteroatoms. The van der Waals surface area contributed by atoms with E-state index >= 15 is 0 Å². The maximum absolute atomic E-state index is 12.5. The van der Waals surface area contributed by atoms with Gasteiger partial charge < -0.3 is 14.4 Å². The molecule has 0 radical (unpaired) electrons. The second-order valence-electron chi connectivity index (χ2n) is 7.68. The standard InChI is InChI=1S/C21H22N6O3S/c1-12(28)21(2)17-16-15-18(22-20(31-4)23-19(15)30-21)26(9-10-27(16)25-24-17)11-13-5-7-14(29-3)8-6-13/h5-8H,9-11H2,1-4H3. The molecule has 0 aliphatic carbocycles. The predicted molar refractivity (Wildman–Crippen MR) is 116 cm³/mol. The summed E-state index contributed by atoms with van der Waals surface area (Å²) in [6, 6.07) is 7.98. The van der Waals surface area contributed by atoms with Gasteiger partial charge in [-0.15, -0.1) is 5.10 Å². The number of benzene rings is 1. The molecule has 1 aromatic carbocycles. The second-order valence-corrected chi connectivity index (χ2v) is 8.46. The molecule has 0 saturated carbocycles. The van der Waals surface area contributed by atoms with E-state index < -0.39 is 5.60 Å². The molecule has 2 aliphatic rings. The number of carbonyl (C=O) groups excluding carboxylic acids is 1. The van der Waals surface area contributed by atoms with Crippen molar-refractivity contribution in [1.82, 2.24) is 25.0 Å². The van der Waals surface area contributed by atoms with E-state index in [9.17, 15) is 4.79 Å². The van der Waals surface area contributed by atoms with Crippen molar-refractivity contribution in [3.8, 4) is 22.9 Å². The Bertz CT molecular complexity index is 1180. The molecule has 160 valence electrons. The maximum Gasteiger partial charge on any atom is 0.230 e. The molecule has 0 amide bonds. The molecule has 1 unspecified atom stereocenters. The van der Waals surface area contributed by atoms with Crippen LogP contribution in [-0.2, 0) is 23.5 Å². The van der Waals surface area contributed by atoms with Gasteiger partial charge in [-0.25, -0.2) is 9.67 Å². The highest BCUT2D eigenvalue weighted by Crippen LogP contribution is 2.49. The van der Waals surface area contributed by atoms with Gasteiger partial charge in [0.05, 0.1) is 13.7 Å². The van der Waals surface area contributed by atoms with Crippen molar-refractivity contribution in [2.24, 2.45) is 0 Å². The van der Waals surface area contributed by atoms with Gasteiger partial charge in [0.25, 0.3) is 0 Å². The minimum absolute atomic E-state index is 0.147. The van der Waals surface area contributed by atoms with E-state index in [0.717, 1.165) is 28.4 Å². The Morgan fingerprint density at radius 2 is 2.03 bits per heavy atom. The van der Waals surface area contributed by atoms with Gasteiger partial charge in [0.2, 0.25) is 11.5 Å². The van der Waals surface area contributed by atoms with Crippen LogP contribution in [0.25, 0.3) is 11.3 Å². The second kappa shape index (κ2) is 7.23. The SMILES string of the molecule is COc1ccc(CN2CCn3nnc4c3-c3c(nc(SC)nc32)OC4(C)C(C)=O)cc1. The highest BCUT2D eigenvalue weighted by Gasteiger charge is 2.48. The van der Waals surface area contributed by atoms with Gasteiger partial charge in [-0.3, -0.25) is 4.79 Å². The third kappa shape index (κ3) is 3.04. The molecule has 2 aliphatic heterocycles. The zero-order valence-corrected chi connectivity index (χ0v) is 18.6. The number of Topliss-reactive ketones (excluding diaryl/α,β-unsaturated/α-hetero) is 1. The molecule has 1 atom stereocenters. The summed E-state index contributed by atoms with van der Waals surface area (Å²) >= 11 is 1.44. The Kier molecular flexibility index (Phi) is 4.62. The molecule has 0 saturated heterocycles. The number of anilines is 1. The Hall–Kier alpha value is -3.14. The van der Waals surface area contributed by atoms with Crippen molar-refractivity contribution in [3.63, 3.8) is 0 Å². The van der Waals surface area contributed by atoms with Crippen LogP contribution < -0.4 is 14.4 Å². The van der Waals surface area contributed by atoms with Gasteiger partial charge in [-0.05, 0) is 37.8 Å². The van der Waals surface area contributed by atoms with E-state index in [2.05, 4.69) is 20.2 Å². The summed E-state index contributed by atoms with van der Waals surface area (Å²) in [5, 5.41) is 9.24. The fourth-order valence-corrected chi connectivity index (χ4v) is 4.31. The summed E-state index contributed by atoms with van der Waals surface area (Å²) in [6.45, 7) is 5.16. The number of ether oxygens (including phenoxy) is 2. The van der Waals surface area contributed by atoms with Gasteiger partial charge in [0.15, 0.2) is 10.9 Å².